The zero-order valence-electron chi connectivity index (χ0n) is 14.5. The third-order valence-electron chi connectivity index (χ3n) is 4.15. The third kappa shape index (κ3) is 4.60. The average molecular weight is 370 g/mol. The van der Waals surface area contributed by atoms with Crippen LogP contribution in [-0.4, -0.2) is 42.4 Å². The number of carbonyl (C=O) groups is 3. The Morgan fingerprint density at radius 2 is 1.85 bits per heavy atom. The molecular formula is C19H19FN4O3. The lowest BCUT2D eigenvalue weighted by Crippen LogP contribution is -2.38. The van der Waals surface area contributed by atoms with E-state index in [-0.39, 0.29) is 36.8 Å². The molecule has 0 radical (unpaired) electrons. The molecule has 2 aromatic carbocycles. The zero-order valence-corrected chi connectivity index (χ0v) is 14.5. The highest BCUT2D eigenvalue weighted by atomic mass is 19.1. The topological polar surface area (TPSA) is 90.5 Å². The van der Waals surface area contributed by atoms with Crippen LogP contribution in [0.4, 0.5) is 14.9 Å². The van der Waals surface area contributed by atoms with Gasteiger partial charge in [0.05, 0.1) is 6.54 Å². The molecule has 4 amide bonds. The molecule has 1 aliphatic heterocycles. The van der Waals surface area contributed by atoms with Gasteiger partial charge in [0.25, 0.3) is 5.91 Å². The molecule has 7 nitrogen and oxygen atoms in total. The van der Waals surface area contributed by atoms with E-state index in [4.69, 9.17) is 0 Å². The van der Waals surface area contributed by atoms with Crippen LogP contribution in [0.25, 0.3) is 0 Å². The molecule has 0 aliphatic carbocycles. The summed E-state index contributed by atoms with van der Waals surface area (Å²) in [5.74, 6) is -1.01. The zero-order chi connectivity index (χ0) is 19.2. The first-order valence-corrected chi connectivity index (χ1v) is 8.48. The summed E-state index contributed by atoms with van der Waals surface area (Å²) in [6, 6.07) is 12.4. The van der Waals surface area contributed by atoms with Crippen molar-refractivity contribution in [1.29, 1.82) is 0 Å². The quantitative estimate of drug-likeness (QED) is 0.722. The van der Waals surface area contributed by atoms with Gasteiger partial charge in [0.1, 0.15) is 5.82 Å². The van der Waals surface area contributed by atoms with Crippen molar-refractivity contribution in [2.75, 3.05) is 25.0 Å². The number of hydrogen-bond donors (Lipinski definition) is 3. The van der Waals surface area contributed by atoms with Crippen LogP contribution >= 0.6 is 0 Å². The summed E-state index contributed by atoms with van der Waals surface area (Å²) < 4.78 is 13.6. The summed E-state index contributed by atoms with van der Waals surface area (Å²) in [5.41, 5.74) is 1.48. The van der Waals surface area contributed by atoms with Gasteiger partial charge in [-0.3, -0.25) is 14.5 Å². The lowest BCUT2D eigenvalue weighted by molar-refractivity contribution is -0.125. The summed E-state index contributed by atoms with van der Waals surface area (Å²) >= 11 is 0. The standard InChI is InChI=1S/C19H19FN4O3/c20-16-4-2-1-3-14(16)11-23-18(26)13-5-7-15(8-6-13)22-12-17(25)24-10-9-21-19(24)27/h1-8,22H,9-12H2,(H,21,27)(H,23,26). The van der Waals surface area contributed by atoms with Crippen LogP contribution in [-0.2, 0) is 11.3 Å². The summed E-state index contributed by atoms with van der Waals surface area (Å²) in [7, 11) is 0. The minimum absolute atomic E-state index is 0.0216. The first kappa shape index (κ1) is 18.4. The predicted molar refractivity (Wildman–Crippen MR) is 97.6 cm³/mol. The number of anilines is 1. The molecular weight excluding hydrogens is 351 g/mol. The molecule has 1 aliphatic rings. The van der Waals surface area contributed by atoms with Gasteiger partial charge in [-0.2, -0.15) is 0 Å². The maximum absolute atomic E-state index is 13.6. The fourth-order valence-electron chi connectivity index (χ4n) is 2.64. The number of rotatable bonds is 6. The van der Waals surface area contributed by atoms with E-state index >= 15 is 0 Å². The molecule has 1 saturated heterocycles. The molecule has 3 N–H and O–H groups in total. The highest BCUT2D eigenvalue weighted by Gasteiger charge is 2.25. The molecule has 3 rings (SSSR count). The Morgan fingerprint density at radius 1 is 1.11 bits per heavy atom. The Balaban J connectivity index is 1.50. The summed E-state index contributed by atoms with van der Waals surface area (Å²) in [5, 5.41) is 8.15. The molecule has 0 aromatic heterocycles. The van der Waals surface area contributed by atoms with Crippen molar-refractivity contribution >= 4 is 23.5 Å². The van der Waals surface area contributed by atoms with Crippen molar-refractivity contribution in [3.63, 3.8) is 0 Å². The predicted octanol–water partition coefficient (Wildman–Crippen LogP) is 1.72. The first-order chi connectivity index (χ1) is 13.0. The van der Waals surface area contributed by atoms with E-state index in [1.807, 2.05) is 0 Å². The van der Waals surface area contributed by atoms with Crippen LogP contribution in [0.2, 0.25) is 0 Å². The van der Waals surface area contributed by atoms with Crippen LogP contribution in [0, 0.1) is 5.82 Å². The highest BCUT2D eigenvalue weighted by molar-refractivity contribution is 5.97. The van der Waals surface area contributed by atoms with Crippen molar-refractivity contribution in [3.8, 4) is 0 Å². The monoisotopic (exact) mass is 370 g/mol. The second-order valence-electron chi connectivity index (χ2n) is 5.98. The number of halogens is 1. The maximum Gasteiger partial charge on any atom is 0.324 e. The Morgan fingerprint density at radius 3 is 2.52 bits per heavy atom. The minimum Gasteiger partial charge on any atom is -0.376 e. The molecule has 140 valence electrons. The SMILES string of the molecule is O=C(NCc1ccccc1F)c1ccc(NCC(=O)N2CCNC2=O)cc1. The molecule has 0 saturated carbocycles. The number of imide groups is 1. The van der Waals surface area contributed by atoms with Gasteiger partial charge in [0.2, 0.25) is 5.91 Å². The van der Waals surface area contributed by atoms with Gasteiger partial charge in [0, 0.05) is 36.4 Å². The van der Waals surface area contributed by atoms with Gasteiger partial charge < -0.3 is 16.0 Å². The van der Waals surface area contributed by atoms with Crippen molar-refractivity contribution in [2.24, 2.45) is 0 Å². The molecule has 0 spiro atoms. The van der Waals surface area contributed by atoms with Gasteiger partial charge in [-0.05, 0) is 30.3 Å². The Labute approximate surface area is 155 Å². The van der Waals surface area contributed by atoms with E-state index < -0.39 is 0 Å². The Hall–Kier alpha value is -3.42. The third-order valence-corrected chi connectivity index (χ3v) is 4.15. The molecule has 0 unspecified atom stereocenters. The molecule has 8 heteroatoms. The van der Waals surface area contributed by atoms with E-state index in [0.29, 0.717) is 29.9 Å². The van der Waals surface area contributed by atoms with Crippen molar-refractivity contribution in [3.05, 3.63) is 65.5 Å². The van der Waals surface area contributed by atoms with Gasteiger partial charge in [0.15, 0.2) is 0 Å². The van der Waals surface area contributed by atoms with Gasteiger partial charge in [-0.1, -0.05) is 18.2 Å². The number of hydrogen-bond acceptors (Lipinski definition) is 4. The van der Waals surface area contributed by atoms with E-state index in [1.54, 1.807) is 42.5 Å². The second-order valence-corrected chi connectivity index (χ2v) is 5.98. The Kier molecular flexibility index (Phi) is 5.65. The number of amides is 4. The number of nitrogens with one attached hydrogen (secondary N) is 3. The van der Waals surface area contributed by atoms with E-state index in [1.165, 1.54) is 6.07 Å². The maximum atomic E-state index is 13.6. The first-order valence-electron chi connectivity index (χ1n) is 8.48. The van der Waals surface area contributed by atoms with Gasteiger partial charge >= 0.3 is 6.03 Å². The van der Waals surface area contributed by atoms with Gasteiger partial charge in [-0.15, -0.1) is 0 Å². The van der Waals surface area contributed by atoms with Crippen LogP contribution < -0.4 is 16.0 Å². The van der Waals surface area contributed by atoms with E-state index in [2.05, 4.69) is 16.0 Å². The number of carbonyl (C=O) groups excluding carboxylic acids is 3. The number of benzene rings is 2. The molecule has 1 fully saturated rings. The summed E-state index contributed by atoms with van der Waals surface area (Å²) in [4.78, 5) is 36.7. The molecule has 27 heavy (non-hydrogen) atoms. The second kappa shape index (κ2) is 8.31. The fourth-order valence-corrected chi connectivity index (χ4v) is 2.64. The molecule has 0 atom stereocenters. The van der Waals surface area contributed by atoms with Crippen LogP contribution in [0.3, 0.4) is 0 Å². The summed E-state index contributed by atoms with van der Waals surface area (Å²) in [6.45, 7) is 0.895. The van der Waals surface area contributed by atoms with E-state index in [9.17, 15) is 18.8 Å². The molecule has 2 aromatic rings. The highest BCUT2D eigenvalue weighted by Crippen LogP contribution is 2.11. The van der Waals surface area contributed by atoms with Crippen molar-refractivity contribution in [1.82, 2.24) is 15.5 Å². The fraction of sp³-hybridized carbons (Fsp3) is 0.211. The van der Waals surface area contributed by atoms with E-state index in [0.717, 1.165) is 4.90 Å². The smallest absolute Gasteiger partial charge is 0.324 e. The molecule has 1 heterocycles. The van der Waals surface area contributed by atoms with Crippen molar-refractivity contribution in [2.45, 2.75) is 6.54 Å². The average Bonchev–Trinajstić information content (AvgIpc) is 3.11. The lowest BCUT2D eigenvalue weighted by atomic mass is 10.1. The minimum atomic E-state index is -0.385. The van der Waals surface area contributed by atoms with Crippen molar-refractivity contribution < 1.29 is 18.8 Å². The van der Waals surface area contributed by atoms with Crippen LogP contribution in [0.5, 0.6) is 0 Å². The number of urea groups is 1. The largest absolute Gasteiger partial charge is 0.376 e. The van der Waals surface area contributed by atoms with Crippen LogP contribution in [0.1, 0.15) is 15.9 Å². The normalized spacial score (nSPS) is 13.2. The van der Waals surface area contributed by atoms with Crippen LogP contribution in [0.15, 0.2) is 48.5 Å². The number of nitrogens with zero attached hydrogens (tertiary/aromatic N) is 1. The lowest BCUT2D eigenvalue weighted by Gasteiger charge is -2.13. The summed E-state index contributed by atoms with van der Waals surface area (Å²) in [6.07, 6.45) is 0. The molecule has 0 bridgehead atoms. The Bertz CT molecular complexity index is 854. The van der Waals surface area contributed by atoms with Gasteiger partial charge in [-0.25, -0.2) is 9.18 Å².